The lowest BCUT2D eigenvalue weighted by Crippen LogP contribution is -2.09. The van der Waals surface area contributed by atoms with Crippen LogP contribution in [-0.2, 0) is 4.74 Å². The number of H-pyrrole nitrogens is 1. The summed E-state index contributed by atoms with van der Waals surface area (Å²) in [6.07, 6.45) is 2.58. The number of ether oxygens (including phenoxy) is 2. The number of rotatable bonds is 7. The minimum absolute atomic E-state index is 0.439. The zero-order chi connectivity index (χ0) is 12.8. The van der Waals surface area contributed by atoms with Gasteiger partial charge in [0.1, 0.15) is 12.1 Å². The second-order valence-electron chi connectivity index (χ2n) is 3.72. The molecule has 0 unspecified atom stereocenters. The summed E-state index contributed by atoms with van der Waals surface area (Å²) in [5.41, 5.74) is 1.30. The van der Waals surface area contributed by atoms with Gasteiger partial charge in [-0.3, -0.25) is 0 Å². The molecule has 0 aromatic carbocycles. The Balaban J connectivity index is 2.21. The number of hydrogen-bond donors (Lipinski definition) is 2. The molecule has 0 atom stereocenters. The maximum Gasteiger partial charge on any atom is 0.245 e. The van der Waals surface area contributed by atoms with E-state index in [9.17, 15) is 0 Å². The molecule has 0 bridgehead atoms. The smallest absolute Gasteiger partial charge is 0.245 e. The average Bonchev–Trinajstić information content (AvgIpc) is 2.85. The molecule has 0 radical (unpaired) electrons. The monoisotopic (exact) mass is 251 g/mol. The molecule has 7 nitrogen and oxygen atoms in total. The largest absolute Gasteiger partial charge is 0.474 e. The van der Waals surface area contributed by atoms with E-state index in [4.69, 9.17) is 9.47 Å². The highest BCUT2D eigenvalue weighted by Crippen LogP contribution is 2.20. The van der Waals surface area contributed by atoms with Gasteiger partial charge in [-0.15, -0.1) is 0 Å². The number of aromatic amines is 1. The molecule has 2 aromatic rings. The zero-order valence-corrected chi connectivity index (χ0v) is 10.6. The Morgan fingerprint density at radius 3 is 3.00 bits per heavy atom. The Hall–Kier alpha value is -1.89. The van der Waals surface area contributed by atoms with Gasteiger partial charge in [0, 0.05) is 13.7 Å². The van der Waals surface area contributed by atoms with E-state index >= 15 is 0 Å². The second-order valence-corrected chi connectivity index (χ2v) is 3.72. The Labute approximate surface area is 105 Å². The quantitative estimate of drug-likeness (QED) is 0.719. The lowest BCUT2D eigenvalue weighted by Gasteiger charge is -2.08. The molecule has 7 heteroatoms. The Kier molecular flexibility index (Phi) is 4.30. The van der Waals surface area contributed by atoms with Crippen LogP contribution in [-0.4, -0.2) is 46.8 Å². The van der Waals surface area contributed by atoms with Crippen LogP contribution in [0.2, 0.25) is 0 Å². The maximum absolute atomic E-state index is 5.55. The number of fused-ring (bicyclic) bond motifs is 1. The minimum atomic E-state index is 0.439. The molecule has 0 spiro atoms. The van der Waals surface area contributed by atoms with Crippen LogP contribution in [0.15, 0.2) is 6.33 Å². The molecule has 2 rings (SSSR count). The summed E-state index contributed by atoms with van der Waals surface area (Å²) in [6, 6.07) is 0. The summed E-state index contributed by atoms with van der Waals surface area (Å²) in [4.78, 5) is 15.7. The lowest BCUT2D eigenvalue weighted by atomic mass is 10.5. The number of nitrogens with zero attached hydrogens (tertiary/aromatic N) is 3. The first-order valence-electron chi connectivity index (χ1n) is 5.92. The molecule has 2 aromatic heterocycles. The van der Waals surface area contributed by atoms with Crippen LogP contribution in [0.25, 0.3) is 11.2 Å². The summed E-state index contributed by atoms with van der Waals surface area (Å²) in [5, 5.41) is 3.12. The van der Waals surface area contributed by atoms with Crippen molar-refractivity contribution in [3.05, 3.63) is 6.33 Å². The number of imidazole rings is 1. The Morgan fingerprint density at radius 1 is 1.33 bits per heavy atom. The van der Waals surface area contributed by atoms with Gasteiger partial charge in [0.05, 0.1) is 12.9 Å². The molecule has 0 fully saturated rings. The molecule has 0 aliphatic carbocycles. The van der Waals surface area contributed by atoms with E-state index in [1.165, 1.54) is 0 Å². The van der Waals surface area contributed by atoms with Crippen molar-refractivity contribution < 1.29 is 9.47 Å². The van der Waals surface area contributed by atoms with Crippen molar-refractivity contribution in [2.75, 3.05) is 32.2 Å². The first-order chi connectivity index (χ1) is 8.85. The lowest BCUT2D eigenvalue weighted by molar-refractivity contribution is 0.144. The molecule has 0 aliphatic rings. The fourth-order valence-corrected chi connectivity index (χ4v) is 1.45. The number of nitrogens with one attached hydrogen (secondary N) is 2. The van der Waals surface area contributed by atoms with Gasteiger partial charge in [-0.1, -0.05) is 6.92 Å². The van der Waals surface area contributed by atoms with Gasteiger partial charge >= 0.3 is 0 Å². The molecule has 0 saturated heterocycles. The predicted molar refractivity (Wildman–Crippen MR) is 67.8 cm³/mol. The molecule has 98 valence electrons. The normalized spacial score (nSPS) is 10.8. The van der Waals surface area contributed by atoms with Crippen LogP contribution in [0.4, 0.5) is 5.95 Å². The van der Waals surface area contributed by atoms with Crippen LogP contribution in [0.3, 0.4) is 0 Å². The minimum Gasteiger partial charge on any atom is -0.474 e. The van der Waals surface area contributed by atoms with Crippen LogP contribution in [0, 0.1) is 0 Å². The fraction of sp³-hybridized carbons (Fsp3) is 0.545. The first-order valence-corrected chi connectivity index (χ1v) is 5.92. The van der Waals surface area contributed by atoms with Crippen LogP contribution in [0.1, 0.15) is 13.3 Å². The Morgan fingerprint density at radius 2 is 2.22 bits per heavy atom. The summed E-state index contributed by atoms with van der Waals surface area (Å²) in [7, 11) is 1.63. The third kappa shape index (κ3) is 2.86. The van der Waals surface area contributed by atoms with Crippen molar-refractivity contribution in [3.8, 4) is 5.88 Å². The second kappa shape index (κ2) is 6.15. The first kappa shape index (κ1) is 12.6. The van der Waals surface area contributed by atoms with Crippen molar-refractivity contribution in [1.82, 2.24) is 19.9 Å². The molecule has 2 N–H and O–H groups in total. The molecule has 2 heterocycles. The predicted octanol–water partition coefficient (Wildman–Crippen LogP) is 1.20. The van der Waals surface area contributed by atoms with E-state index in [2.05, 4.69) is 32.2 Å². The van der Waals surface area contributed by atoms with E-state index in [1.54, 1.807) is 13.4 Å². The topological polar surface area (TPSA) is 85.0 Å². The fourth-order valence-electron chi connectivity index (χ4n) is 1.45. The number of anilines is 1. The molecular formula is C11H17N5O2. The van der Waals surface area contributed by atoms with Gasteiger partial charge in [0.2, 0.25) is 11.8 Å². The van der Waals surface area contributed by atoms with Gasteiger partial charge in [0.15, 0.2) is 5.65 Å². The van der Waals surface area contributed by atoms with Crippen molar-refractivity contribution in [2.45, 2.75) is 13.3 Å². The third-order valence-electron chi connectivity index (χ3n) is 2.31. The summed E-state index contributed by atoms with van der Waals surface area (Å²) >= 11 is 0. The van der Waals surface area contributed by atoms with Gasteiger partial charge in [0.25, 0.3) is 0 Å². The highest BCUT2D eigenvalue weighted by molar-refractivity contribution is 5.76. The van der Waals surface area contributed by atoms with E-state index in [1.807, 2.05) is 0 Å². The molecule has 0 saturated carbocycles. The third-order valence-corrected chi connectivity index (χ3v) is 2.31. The molecule has 0 aliphatic heterocycles. The van der Waals surface area contributed by atoms with Crippen LogP contribution >= 0.6 is 0 Å². The SMILES string of the molecule is CCCNc1nc(OCCOC)c2[nH]cnc2n1. The van der Waals surface area contributed by atoms with E-state index in [0.717, 1.165) is 13.0 Å². The van der Waals surface area contributed by atoms with Gasteiger partial charge in [-0.2, -0.15) is 9.97 Å². The summed E-state index contributed by atoms with van der Waals surface area (Å²) < 4.78 is 10.5. The van der Waals surface area contributed by atoms with Crippen LogP contribution in [0.5, 0.6) is 5.88 Å². The average molecular weight is 251 g/mol. The highest BCUT2D eigenvalue weighted by atomic mass is 16.5. The van der Waals surface area contributed by atoms with E-state index in [0.29, 0.717) is 36.2 Å². The number of aromatic nitrogens is 4. The van der Waals surface area contributed by atoms with Crippen molar-refractivity contribution >= 4 is 17.1 Å². The molecule has 18 heavy (non-hydrogen) atoms. The molecule has 0 amide bonds. The molecular weight excluding hydrogens is 234 g/mol. The zero-order valence-electron chi connectivity index (χ0n) is 10.6. The standard InChI is InChI=1S/C11H17N5O2/c1-3-4-12-11-15-9-8(13-7-14-9)10(16-11)18-6-5-17-2/h7H,3-6H2,1-2H3,(H2,12,13,14,15,16). The highest BCUT2D eigenvalue weighted by Gasteiger charge is 2.10. The maximum atomic E-state index is 5.55. The summed E-state index contributed by atoms with van der Waals surface area (Å²) in [6.45, 7) is 3.84. The summed E-state index contributed by atoms with van der Waals surface area (Å²) in [5.74, 6) is 1.03. The number of hydrogen-bond acceptors (Lipinski definition) is 6. The van der Waals surface area contributed by atoms with Gasteiger partial charge in [-0.05, 0) is 6.42 Å². The van der Waals surface area contributed by atoms with E-state index < -0.39 is 0 Å². The van der Waals surface area contributed by atoms with E-state index in [-0.39, 0.29) is 0 Å². The van der Waals surface area contributed by atoms with Crippen molar-refractivity contribution in [2.24, 2.45) is 0 Å². The number of methoxy groups -OCH3 is 1. The Bertz CT molecular complexity index is 499. The van der Waals surface area contributed by atoms with Gasteiger partial charge in [-0.25, -0.2) is 4.98 Å². The van der Waals surface area contributed by atoms with Crippen molar-refractivity contribution in [1.29, 1.82) is 0 Å². The van der Waals surface area contributed by atoms with Crippen molar-refractivity contribution in [3.63, 3.8) is 0 Å². The van der Waals surface area contributed by atoms with Gasteiger partial charge < -0.3 is 19.8 Å². The van der Waals surface area contributed by atoms with Crippen LogP contribution < -0.4 is 10.1 Å².